The Balaban J connectivity index is 1.43. The van der Waals surface area contributed by atoms with Crippen molar-refractivity contribution in [2.75, 3.05) is 20.2 Å². The number of hydrogen-bond acceptors (Lipinski definition) is 4. The van der Waals surface area contributed by atoms with Crippen molar-refractivity contribution in [3.05, 3.63) is 101 Å². The highest BCUT2D eigenvalue weighted by molar-refractivity contribution is 5.97. The van der Waals surface area contributed by atoms with Gasteiger partial charge in [0.05, 0.1) is 26.3 Å². The Morgan fingerprint density at radius 2 is 1.72 bits per heavy atom. The second-order valence-electron chi connectivity index (χ2n) is 9.37. The first-order chi connectivity index (χ1) is 17.6. The van der Waals surface area contributed by atoms with E-state index in [1.165, 1.54) is 4.90 Å². The van der Waals surface area contributed by atoms with Crippen molar-refractivity contribution in [2.45, 2.75) is 24.6 Å². The lowest BCUT2D eigenvalue weighted by Gasteiger charge is -2.47. The van der Waals surface area contributed by atoms with E-state index in [0.29, 0.717) is 12.2 Å². The SMILES string of the molecule is COc1ccccc1[C@@H]1c2[nH]c3ccccc3c2C[C@H]2C(=O)N(C[C@@H](O)c3ccccc3)CC(=O)N12. The smallest absolute Gasteiger partial charge is 0.246 e. The number of aromatic nitrogens is 1. The molecule has 36 heavy (non-hydrogen) atoms. The first-order valence-corrected chi connectivity index (χ1v) is 12.1. The number of benzene rings is 3. The van der Waals surface area contributed by atoms with E-state index in [9.17, 15) is 14.7 Å². The number of aromatic amines is 1. The lowest BCUT2D eigenvalue weighted by Crippen LogP contribution is -2.63. The molecule has 1 aromatic heterocycles. The number of ether oxygens (including phenoxy) is 1. The van der Waals surface area contributed by atoms with Crippen molar-refractivity contribution in [1.29, 1.82) is 0 Å². The minimum Gasteiger partial charge on any atom is -0.496 e. The minimum absolute atomic E-state index is 0.0684. The summed E-state index contributed by atoms with van der Waals surface area (Å²) in [5, 5.41) is 11.8. The number of carbonyl (C=O) groups excluding carboxylic acids is 2. The van der Waals surface area contributed by atoms with Crippen LogP contribution in [0.25, 0.3) is 10.9 Å². The van der Waals surface area contributed by atoms with E-state index in [-0.39, 0.29) is 24.9 Å². The summed E-state index contributed by atoms with van der Waals surface area (Å²) >= 11 is 0. The predicted octanol–water partition coefficient (Wildman–Crippen LogP) is 3.60. The molecule has 0 bridgehead atoms. The fourth-order valence-electron chi connectivity index (χ4n) is 5.68. The second kappa shape index (κ2) is 8.84. The third-order valence-electron chi connectivity index (χ3n) is 7.35. The number of H-pyrrole nitrogens is 1. The quantitative estimate of drug-likeness (QED) is 0.456. The molecule has 182 valence electrons. The summed E-state index contributed by atoms with van der Waals surface area (Å²) in [5.74, 6) is 0.357. The third kappa shape index (κ3) is 3.55. The monoisotopic (exact) mass is 481 g/mol. The van der Waals surface area contributed by atoms with Gasteiger partial charge in [-0.2, -0.15) is 0 Å². The zero-order chi connectivity index (χ0) is 24.8. The Morgan fingerprint density at radius 3 is 2.53 bits per heavy atom. The molecule has 0 spiro atoms. The number of nitrogens with one attached hydrogen (secondary N) is 1. The molecule has 2 amide bonds. The highest BCUT2D eigenvalue weighted by Crippen LogP contribution is 2.44. The number of methoxy groups -OCH3 is 1. The van der Waals surface area contributed by atoms with Crippen molar-refractivity contribution in [1.82, 2.24) is 14.8 Å². The predicted molar refractivity (Wildman–Crippen MR) is 135 cm³/mol. The number of β-amino-alcohol motifs (C(OH)–C–C–N with tert-alkyl or cyclic N) is 1. The number of para-hydroxylation sites is 2. The van der Waals surface area contributed by atoms with Crippen LogP contribution >= 0.6 is 0 Å². The number of aliphatic hydroxyl groups is 1. The average molecular weight is 482 g/mol. The summed E-state index contributed by atoms with van der Waals surface area (Å²) in [6, 6.07) is 23.7. The summed E-state index contributed by atoms with van der Waals surface area (Å²) in [5.41, 5.74) is 4.47. The summed E-state index contributed by atoms with van der Waals surface area (Å²) in [6.07, 6.45) is -0.459. The second-order valence-corrected chi connectivity index (χ2v) is 9.37. The van der Waals surface area contributed by atoms with Gasteiger partial charge < -0.3 is 24.6 Å². The molecule has 3 heterocycles. The Bertz CT molecular complexity index is 1450. The molecule has 6 rings (SSSR count). The Labute approximate surface area is 208 Å². The lowest BCUT2D eigenvalue weighted by atomic mass is 9.85. The summed E-state index contributed by atoms with van der Waals surface area (Å²) < 4.78 is 5.67. The maximum atomic E-state index is 13.9. The Morgan fingerprint density at radius 1 is 1.00 bits per heavy atom. The van der Waals surface area contributed by atoms with Crippen LogP contribution in [0.1, 0.15) is 34.5 Å². The number of amides is 2. The molecule has 1 saturated heterocycles. The fourth-order valence-corrected chi connectivity index (χ4v) is 5.68. The van der Waals surface area contributed by atoms with Crippen LogP contribution in [-0.2, 0) is 16.0 Å². The molecule has 1 fully saturated rings. The lowest BCUT2D eigenvalue weighted by molar-refractivity contribution is -0.159. The molecule has 3 aromatic carbocycles. The van der Waals surface area contributed by atoms with Gasteiger partial charge in [-0.3, -0.25) is 9.59 Å². The van der Waals surface area contributed by atoms with Crippen LogP contribution in [0.2, 0.25) is 0 Å². The van der Waals surface area contributed by atoms with Gasteiger partial charge in [-0.05, 0) is 23.3 Å². The largest absolute Gasteiger partial charge is 0.496 e. The number of hydrogen-bond donors (Lipinski definition) is 2. The van der Waals surface area contributed by atoms with E-state index in [1.807, 2.05) is 78.9 Å². The maximum Gasteiger partial charge on any atom is 0.246 e. The molecule has 4 aromatic rings. The van der Waals surface area contributed by atoms with Gasteiger partial charge in [0.15, 0.2) is 0 Å². The standard InChI is InChI=1S/C29H27N3O4/c1-36-25-14-8-6-12-20(25)28-27-21(19-11-5-7-13-22(19)30-27)15-23-29(35)31(17-26(34)32(23)28)16-24(33)18-9-3-2-4-10-18/h2-14,23-24,28,30,33H,15-17H2,1H3/t23-,24+,28+/m0/s1. The summed E-state index contributed by atoms with van der Waals surface area (Å²) in [6.45, 7) is -0.0145. The molecule has 2 aliphatic heterocycles. The molecule has 0 saturated carbocycles. The van der Waals surface area contributed by atoms with Crippen molar-refractivity contribution in [3.63, 3.8) is 0 Å². The van der Waals surface area contributed by atoms with Crippen LogP contribution in [0, 0.1) is 0 Å². The molecule has 3 atom stereocenters. The molecule has 7 nitrogen and oxygen atoms in total. The Hall–Kier alpha value is -4.10. The number of aliphatic hydroxyl groups excluding tert-OH is 1. The Kier molecular flexibility index (Phi) is 5.49. The minimum atomic E-state index is -0.869. The van der Waals surface area contributed by atoms with Gasteiger partial charge in [0.1, 0.15) is 17.8 Å². The molecular formula is C29H27N3O4. The van der Waals surface area contributed by atoms with Crippen LogP contribution in [0.15, 0.2) is 78.9 Å². The van der Waals surface area contributed by atoms with Gasteiger partial charge >= 0.3 is 0 Å². The number of carbonyl (C=O) groups is 2. The van der Waals surface area contributed by atoms with Crippen molar-refractivity contribution in [2.24, 2.45) is 0 Å². The summed E-state index contributed by atoms with van der Waals surface area (Å²) in [4.78, 5) is 34.3. The van der Waals surface area contributed by atoms with Gasteiger partial charge in [-0.15, -0.1) is 0 Å². The highest BCUT2D eigenvalue weighted by atomic mass is 16.5. The number of piperazine rings is 1. The molecule has 2 N–H and O–H groups in total. The van der Waals surface area contributed by atoms with E-state index in [1.54, 1.807) is 12.0 Å². The van der Waals surface area contributed by atoms with Gasteiger partial charge in [-0.25, -0.2) is 0 Å². The van der Waals surface area contributed by atoms with Crippen LogP contribution in [-0.4, -0.2) is 57.9 Å². The van der Waals surface area contributed by atoms with Crippen LogP contribution in [0.4, 0.5) is 0 Å². The van der Waals surface area contributed by atoms with E-state index in [4.69, 9.17) is 4.74 Å². The topological polar surface area (TPSA) is 85.9 Å². The molecular weight excluding hydrogens is 454 g/mol. The van der Waals surface area contributed by atoms with Gasteiger partial charge in [0, 0.05) is 28.6 Å². The van der Waals surface area contributed by atoms with E-state index < -0.39 is 18.2 Å². The van der Waals surface area contributed by atoms with Crippen LogP contribution in [0.3, 0.4) is 0 Å². The van der Waals surface area contributed by atoms with Crippen molar-refractivity contribution in [3.8, 4) is 5.75 Å². The molecule has 0 radical (unpaired) electrons. The fraction of sp³-hybridized carbons (Fsp3) is 0.241. The number of rotatable bonds is 5. The van der Waals surface area contributed by atoms with Crippen LogP contribution < -0.4 is 4.74 Å². The maximum absolute atomic E-state index is 13.9. The van der Waals surface area contributed by atoms with Gasteiger partial charge in [0.25, 0.3) is 0 Å². The van der Waals surface area contributed by atoms with Gasteiger partial charge in [-0.1, -0.05) is 66.7 Å². The normalized spacial score (nSPS) is 20.3. The molecule has 7 heteroatoms. The van der Waals surface area contributed by atoms with Crippen molar-refractivity contribution < 1.29 is 19.4 Å². The molecule has 0 unspecified atom stereocenters. The molecule has 0 aliphatic carbocycles. The van der Waals surface area contributed by atoms with E-state index >= 15 is 0 Å². The van der Waals surface area contributed by atoms with Crippen molar-refractivity contribution >= 4 is 22.7 Å². The zero-order valence-electron chi connectivity index (χ0n) is 19.9. The first-order valence-electron chi connectivity index (χ1n) is 12.1. The number of nitrogens with zero attached hydrogens (tertiary/aromatic N) is 2. The van der Waals surface area contributed by atoms with Crippen LogP contribution in [0.5, 0.6) is 5.75 Å². The third-order valence-corrected chi connectivity index (χ3v) is 7.35. The van der Waals surface area contributed by atoms with E-state index in [2.05, 4.69) is 4.98 Å². The zero-order valence-corrected chi connectivity index (χ0v) is 19.9. The number of fused-ring (bicyclic) bond motifs is 4. The summed E-state index contributed by atoms with van der Waals surface area (Å²) in [7, 11) is 1.61. The average Bonchev–Trinajstić information content (AvgIpc) is 3.29. The first kappa shape index (κ1) is 22.4. The van der Waals surface area contributed by atoms with Gasteiger partial charge in [0.2, 0.25) is 11.8 Å². The molecule has 2 aliphatic rings. The highest BCUT2D eigenvalue weighted by Gasteiger charge is 2.49. The van der Waals surface area contributed by atoms with E-state index in [0.717, 1.165) is 33.3 Å².